The summed E-state index contributed by atoms with van der Waals surface area (Å²) in [7, 11) is -3.42. The number of fused-ring (bicyclic) bond motifs is 1. The number of hydrogen-bond donors (Lipinski definition) is 0. The maximum atomic E-state index is 12.8. The molecule has 2 fully saturated rings. The van der Waals surface area contributed by atoms with Crippen LogP contribution in [0.25, 0.3) is 0 Å². The highest BCUT2D eigenvalue weighted by Crippen LogP contribution is 2.28. The Morgan fingerprint density at radius 3 is 2.90 bits per heavy atom. The van der Waals surface area contributed by atoms with Gasteiger partial charge >= 0.3 is 0 Å². The second-order valence-corrected chi connectivity index (χ2v) is 7.64. The molecule has 1 aromatic rings. The topological polar surface area (TPSA) is 58.4 Å². The van der Waals surface area contributed by atoms with Crippen LogP contribution in [0.5, 0.6) is 0 Å². The number of aryl methyl sites for hydroxylation is 1. The lowest BCUT2D eigenvalue weighted by Gasteiger charge is -2.41. The minimum absolute atomic E-state index is 0.0272. The zero-order valence-electron chi connectivity index (χ0n) is 12.1. The molecule has 0 aromatic carbocycles. The molecular weight excluding hydrogens is 276 g/mol. The van der Waals surface area contributed by atoms with E-state index in [4.69, 9.17) is 0 Å². The highest BCUT2D eigenvalue weighted by Gasteiger charge is 2.40. The molecule has 0 amide bonds. The average molecular weight is 298 g/mol. The summed E-state index contributed by atoms with van der Waals surface area (Å²) in [6.07, 6.45) is 5.38. The Balaban J connectivity index is 1.86. The summed E-state index contributed by atoms with van der Waals surface area (Å²) >= 11 is 0. The SMILES string of the molecule is CCn1cc(S(=O)(=O)N2C[C@@H]3CCCN3C[C@@H]2C)cn1. The third-order valence-corrected chi connectivity index (χ3v) is 6.35. The molecule has 3 heterocycles. The first kappa shape index (κ1) is 14.0. The Morgan fingerprint density at radius 1 is 1.40 bits per heavy atom. The monoisotopic (exact) mass is 298 g/mol. The van der Waals surface area contributed by atoms with Gasteiger partial charge in [0.05, 0.1) is 6.20 Å². The Morgan fingerprint density at radius 2 is 2.20 bits per heavy atom. The molecule has 20 heavy (non-hydrogen) atoms. The van der Waals surface area contributed by atoms with Crippen LogP contribution in [0.1, 0.15) is 26.7 Å². The lowest BCUT2D eigenvalue weighted by atomic mass is 10.1. The molecular formula is C13H22N4O2S. The zero-order chi connectivity index (χ0) is 14.3. The summed E-state index contributed by atoms with van der Waals surface area (Å²) < 4.78 is 28.9. The van der Waals surface area contributed by atoms with Crippen molar-refractivity contribution < 1.29 is 8.42 Å². The van der Waals surface area contributed by atoms with E-state index >= 15 is 0 Å². The van der Waals surface area contributed by atoms with Gasteiger partial charge < -0.3 is 0 Å². The van der Waals surface area contributed by atoms with Gasteiger partial charge in [-0.3, -0.25) is 9.58 Å². The van der Waals surface area contributed by atoms with Gasteiger partial charge in [0.25, 0.3) is 0 Å². The van der Waals surface area contributed by atoms with Crippen LogP contribution < -0.4 is 0 Å². The second-order valence-electron chi connectivity index (χ2n) is 5.75. The Labute approximate surface area is 120 Å². The van der Waals surface area contributed by atoms with E-state index in [-0.39, 0.29) is 6.04 Å². The third kappa shape index (κ3) is 2.27. The maximum absolute atomic E-state index is 12.8. The molecule has 0 aliphatic carbocycles. The molecule has 0 spiro atoms. The van der Waals surface area contributed by atoms with Crippen molar-refractivity contribution >= 4 is 10.0 Å². The fraction of sp³-hybridized carbons (Fsp3) is 0.769. The molecule has 112 valence electrons. The summed E-state index contributed by atoms with van der Waals surface area (Å²) in [6, 6.07) is 0.418. The first-order valence-electron chi connectivity index (χ1n) is 7.30. The average Bonchev–Trinajstić information content (AvgIpc) is 3.05. The van der Waals surface area contributed by atoms with E-state index < -0.39 is 10.0 Å². The molecule has 0 N–H and O–H groups in total. The minimum Gasteiger partial charge on any atom is -0.297 e. The Hall–Kier alpha value is -0.920. The summed E-state index contributed by atoms with van der Waals surface area (Å²) in [5, 5.41) is 4.09. The summed E-state index contributed by atoms with van der Waals surface area (Å²) in [6.45, 7) is 7.18. The van der Waals surface area contributed by atoms with Crippen molar-refractivity contribution in [3.8, 4) is 0 Å². The van der Waals surface area contributed by atoms with E-state index in [0.717, 1.165) is 19.5 Å². The molecule has 7 heteroatoms. The molecule has 1 aromatic heterocycles. The number of piperazine rings is 1. The van der Waals surface area contributed by atoms with Crippen molar-refractivity contribution in [1.29, 1.82) is 0 Å². The van der Waals surface area contributed by atoms with Gasteiger partial charge in [0.1, 0.15) is 4.90 Å². The standard InChI is InChI=1S/C13H22N4O2S/c1-3-16-10-13(7-14-16)20(18,19)17-9-12-5-4-6-15(12)8-11(17)2/h7,10-12H,3-6,8-9H2,1-2H3/t11-,12-/m0/s1. The minimum atomic E-state index is -3.42. The van der Waals surface area contributed by atoms with Crippen LogP contribution in [0.15, 0.2) is 17.3 Å². The summed E-state index contributed by atoms with van der Waals surface area (Å²) in [5.74, 6) is 0. The highest BCUT2D eigenvalue weighted by atomic mass is 32.2. The van der Waals surface area contributed by atoms with Gasteiger partial charge in [0, 0.05) is 37.9 Å². The zero-order valence-corrected chi connectivity index (χ0v) is 12.9. The Bertz CT molecular complexity index is 583. The molecule has 0 unspecified atom stereocenters. The summed E-state index contributed by atoms with van der Waals surface area (Å²) in [4.78, 5) is 2.74. The quantitative estimate of drug-likeness (QED) is 0.827. The van der Waals surface area contributed by atoms with Crippen molar-refractivity contribution in [2.24, 2.45) is 0 Å². The highest BCUT2D eigenvalue weighted by molar-refractivity contribution is 7.89. The predicted molar refractivity (Wildman–Crippen MR) is 75.8 cm³/mol. The fourth-order valence-corrected chi connectivity index (χ4v) is 4.90. The predicted octanol–water partition coefficient (Wildman–Crippen LogP) is 0.760. The maximum Gasteiger partial charge on any atom is 0.246 e. The van der Waals surface area contributed by atoms with Crippen molar-refractivity contribution in [1.82, 2.24) is 19.0 Å². The van der Waals surface area contributed by atoms with Gasteiger partial charge in [-0.25, -0.2) is 8.42 Å². The van der Waals surface area contributed by atoms with Gasteiger partial charge in [-0.05, 0) is 33.2 Å². The van der Waals surface area contributed by atoms with Crippen LogP contribution >= 0.6 is 0 Å². The smallest absolute Gasteiger partial charge is 0.246 e. The van der Waals surface area contributed by atoms with Gasteiger partial charge in [0.2, 0.25) is 10.0 Å². The van der Waals surface area contributed by atoms with Gasteiger partial charge in [-0.2, -0.15) is 9.40 Å². The van der Waals surface area contributed by atoms with E-state index in [1.807, 2.05) is 13.8 Å². The Kier molecular flexibility index (Phi) is 3.60. The van der Waals surface area contributed by atoms with Crippen molar-refractivity contribution in [2.75, 3.05) is 19.6 Å². The van der Waals surface area contributed by atoms with E-state index in [2.05, 4.69) is 10.00 Å². The molecule has 3 rings (SSSR count). The van der Waals surface area contributed by atoms with Gasteiger partial charge in [-0.1, -0.05) is 0 Å². The number of rotatable bonds is 3. The molecule has 6 nitrogen and oxygen atoms in total. The molecule has 2 atom stereocenters. The molecule has 0 bridgehead atoms. The van der Waals surface area contributed by atoms with Crippen LogP contribution in [0.4, 0.5) is 0 Å². The van der Waals surface area contributed by atoms with Crippen LogP contribution in [0, 0.1) is 0 Å². The van der Waals surface area contributed by atoms with Crippen molar-refractivity contribution in [2.45, 2.75) is 50.2 Å². The number of sulfonamides is 1. The second kappa shape index (κ2) is 5.13. The van der Waals surface area contributed by atoms with Crippen molar-refractivity contribution in [3.63, 3.8) is 0 Å². The first-order chi connectivity index (χ1) is 9.52. The molecule has 2 aliphatic rings. The van der Waals surface area contributed by atoms with E-state index in [0.29, 0.717) is 24.0 Å². The summed E-state index contributed by atoms with van der Waals surface area (Å²) in [5.41, 5.74) is 0. The van der Waals surface area contributed by atoms with E-state index in [9.17, 15) is 8.42 Å². The normalized spacial score (nSPS) is 28.7. The molecule has 2 aliphatic heterocycles. The third-order valence-electron chi connectivity index (χ3n) is 4.42. The lowest BCUT2D eigenvalue weighted by molar-refractivity contribution is 0.117. The first-order valence-corrected chi connectivity index (χ1v) is 8.74. The lowest BCUT2D eigenvalue weighted by Crippen LogP contribution is -2.56. The van der Waals surface area contributed by atoms with Crippen LogP contribution in [-0.4, -0.2) is 59.1 Å². The fourth-order valence-electron chi connectivity index (χ4n) is 3.28. The van der Waals surface area contributed by atoms with Gasteiger partial charge in [-0.15, -0.1) is 0 Å². The van der Waals surface area contributed by atoms with E-state index in [1.165, 1.54) is 12.6 Å². The van der Waals surface area contributed by atoms with Crippen LogP contribution in [-0.2, 0) is 16.6 Å². The number of nitrogens with zero attached hydrogens (tertiary/aromatic N) is 4. The number of aromatic nitrogens is 2. The van der Waals surface area contributed by atoms with E-state index in [1.54, 1.807) is 15.2 Å². The largest absolute Gasteiger partial charge is 0.297 e. The van der Waals surface area contributed by atoms with Crippen molar-refractivity contribution in [3.05, 3.63) is 12.4 Å². The number of hydrogen-bond acceptors (Lipinski definition) is 4. The van der Waals surface area contributed by atoms with Gasteiger partial charge in [0.15, 0.2) is 0 Å². The molecule has 0 saturated carbocycles. The van der Waals surface area contributed by atoms with Crippen LogP contribution in [0.3, 0.4) is 0 Å². The molecule has 2 saturated heterocycles. The molecule has 0 radical (unpaired) electrons. The van der Waals surface area contributed by atoms with Crippen LogP contribution in [0.2, 0.25) is 0 Å².